The zero-order valence-electron chi connectivity index (χ0n) is 9.84. The topological polar surface area (TPSA) is 18.5 Å². The minimum Gasteiger partial charge on any atom is -0.381 e. The van der Waals surface area contributed by atoms with Crippen molar-refractivity contribution in [3.8, 4) is 0 Å². The van der Waals surface area contributed by atoms with Crippen molar-refractivity contribution in [2.75, 3.05) is 26.4 Å². The van der Waals surface area contributed by atoms with Crippen LogP contribution in [-0.2, 0) is 9.47 Å². The summed E-state index contributed by atoms with van der Waals surface area (Å²) in [7, 11) is 0. The van der Waals surface area contributed by atoms with Gasteiger partial charge in [0.2, 0.25) is 0 Å². The monoisotopic (exact) mass is 200 g/mol. The lowest BCUT2D eigenvalue weighted by molar-refractivity contribution is 0.137. The van der Waals surface area contributed by atoms with E-state index >= 15 is 0 Å². The molecule has 0 aliphatic carbocycles. The Morgan fingerprint density at radius 3 is 2.29 bits per heavy atom. The Kier molecular flexibility index (Phi) is 10.5. The first-order chi connectivity index (χ1) is 6.81. The van der Waals surface area contributed by atoms with Crippen molar-refractivity contribution in [1.82, 2.24) is 0 Å². The summed E-state index contributed by atoms with van der Waals surface area (Å²) in [6.07, 6.45) is 5.36. The second-order valence-corrected chi connectivity index (χ2v) is 3.49. The normalized spacial score (nSPS) is 12.1. The molecule has 0 aliphatic heterocycles. The zero-order chi connectivity index (χ0) is 10.6. The van der Waals surface area contributed by atoms with Gasteiger partial charge in [-0.2, -0.15) is 0 Å². The standard InChI is InChI=1S/C12H24O2/c1-4-8-13-10-6-12(3)7-11-14-9-5-2/h6H,4-5,7-11H2,1-3H3/b12-6-. The second-order valence-electron chi connectivity index (χ2n) is 3.49. The van der Waals surface area contributed by atoms with Gasteiger partial charge >= 0.3 is 0 Å². The van der Waals surface area contributed by atoms with Crippen molar-refractivity contribution >= 4 is 0 Å². The van der Waals surface area contributed by atoms with Crippen LogP contribution >= 0.6 is 0 Å². The van der Waals surface area contributed by atoms with Gasteiger partial charge in [-0.1, -0.05) is 25.5 Å². The van der Waals surface area contributed by atoms with Crippen molar-refractivity contribution in [1.29, 1.82) is 0 Å². The molecule has 2 nitrogen and oxygen atoms in total. The van der Waals surface area contributed by atoms with Gasteiger partial charge in [-0.25, -0.2) is 0 Å². The Morgan fingerprint density at radius 2 is 1.64 bits per heavy atom. The Balaban J connectivity index is 3.28. The summed E-state index contributed by atoms with van der Waals surface area (Å²) in [5.74, 6) is 0. The summed E-state index contributed by atoms with van der Waals surface area (Å²) < 4.78 is 10.8. The van der Waals surface area contributed by atoms with E-state index in [4.69, 9.17) is 9.47 Å². The Morgan fingerprint density at radius 1 is 1.00 bits per heavy atom. The van der Waals surface area contributed by atoms with E-state index in [0.29, 0.717) is 0 Å². The first-order valence-electron chi connectivity index (χ1n) is 5.62. The van der Waals surface area contributed by atoms with E-state index in [0.717, 1.165) is 45.7 Å². The fourth-order valence-electron chi connectivity index (χ4n) is 1.01. The lowest BCUT2D eigenvalue weighted by atomic mass is 10.2. The lowest BCUT2D eigenvalue weighted by Crippen LogP contribution is -1.97. The largest absolute Gasteiger partial charge is 0.381 e. The van der Waals surface area contributed by atoms with Crippen LogP contribution in [0.4, 0.5) is 0 Å². The molecule has 84 valence electrons. The molecule has 2 heteroatoms. The summed E-state index contributed by atoms with van der Waals surface area (Å²) >= 11 is 0. The number of ether oxygens (including phenoxy) is 2. The maximum Gasteiger partial charge on any atom is 0.0649 e. The van der Waals surface area contributed by atoms with Crippen LogP contribution in [-0.4, -0.2) is 26.4 Å². The molecular weight excluding hydrogens is 176 g/mol. The number of rotatable bonds is 9. The molecule has 0 radical (unpaired) electrons. The van der Waals surface area contributed by atoms with Gasteiger partial charge in [0, 0.05) is 13.2 Å². The molecular formula is C12H24O2. The minimum absolute atomic E-state index is 0.744. The Hall–Kier alpha value is -0.340. The van der Waals surface area contributed by atoms with Crippen LogP contribution in [0.5, 0.6) is 0 Å². The van der Waals surface area contributed by atoms with Gasteiger partial charge in [0.1, 0.15) is 0 Å². The third kappa shape index (κ3) is 9.75. The summed E-state index contributed by atoms with van der Waals surface area (Å²) in [6.45, 7) is 9.69. The van der Waals surface area contributed by atoms with Gasteiger partial charge in [0.05, 0.1) is 13.2 Å². The third-order valence-electron chi connectivity index (χ3n) is 1.89. The van der Waals surface area contributed by atoms with Crippen molar-refractivity contribution in [2.24, 2.45) is 0 Å². The van der Waals surface area contributed by atoms with Crippen LogP contribution in [0.1, 0.15) is 40.0 Å². The molecule has 0 atom stereocenters. The zero-order valence-corrected chi connectivity index (χ0v) is 9.84. The molecule has 0 aliphatic rings. The molecule has 0 bridgehead atoms. The van der Waals surface area contributed by atoms with Crippen molar-refractivity contribution in [3.63, 3.8) is 0 Å². The van der Waals surface area contributed by atoms with E-state index in [1.807, 2.05) is 0 Å². The lowest BCUT2D eigenvalue weighted by Gasteiger charge is -2.03. The molecule has 14 heavy (non-hydrogen) atoms. The molecule has 0 fully saturated rings. The summed E-state index contributed by atoms with van der Waals surface area (Å²) in [5.41, 5.74) is 1.36. The molecule has 0 unspecified atom stereocenters. The molecule has 0 saturated carbocycles. The van der Waals surface area contributed by atoms with E-state index in [-0.39, 0.29) is 0 Å². The van der Waals surface area contributed by atoms with E-state index in [2.05, 4.69) is 26.8 Å². The molecule has 0 heterocycles. The van der Waals surface area contributed by atoms with E-state index in [1.165, 1.54) is 5.57 Å². The fraction of sp³-hybridized carbons (Fsp3) is 0.833. The maximum atomic E-state index is 5.40. The predicted molar refractivity (Wildman–Crippen MR) is 60.6 cm³/mol. The highest BCUT2D eigenvalue weighted by molar-refractivity contribution is 4.97. The third-order valence-corrected chi connectivity index (χ3v) is 1.89. The Bertz CT molecular complexity index is 141. The quantitative estimate of drug-likeness (QED) is 0.420. The first kappa shape index (κ1) is 13.7. The summed E-state index contributed by atoms with van der Waals surface area (Å²) in [5, 5.41) is 0. The van der Waals surface area contributed by atoms with Gasteiger partial charge in [-0.15, -0.1) is 0 Å². The van der Waals surface area contributed by atoms with Gasteiger partial charge in [0.25, 0.3) is 0 Å². The van der Waals surface area contributed by atoms with Crippen LogP contribution in [0.15, 0.2) is 11.6 Å². The molecule has 0 rings (SSSR count). The average molecular weight is 200 g/mol. The molecule has 0 saturated heterocycles. The van der Waals surface area contributed by atoms with E-state index in [1.54, 1.807) is 0 Å². The highest BCUT2D eigenvalue weighted by Gasteiger charge is 1.90. The highest BCUT2D eigenvalue weighted by Crippen LogP contribution is 2.00. The van der Waals surface area contributed by atoms with Crippen LogP contribution in [0, 0.1) is 0 Å². The molecule has 0 spiro atoms. The maximum absolute atomic E-state index is 5.40. The van der Waals surface area contributed by atoms with Crippen LogP contribution in [0.25, 0.3) is 0 Å². The highest BCUT2D eigenvalue weighted by atomic mass is 16.5. The van der Waals surface area contributed by atoms with E-state index in [9.17, 15) is 0 Å². The SMILES string of the molecule is CCCOC/C=C(/C)CCOCCC. The van der Waals surface area contributed by atoms with Crippen molar-refractivity contribution < 1.29 is 9.47 Å². The van der Waals surface area contributed by atoms with Crippen LogP contribution < -0.4 is 0 Å². The number of hydrogen-bond donors (Lipinski definition) is 0. The van der Waals surface area contributed by atoms with Gasteiger partial charge < -0.3 is 9.47 Å². The minimum atomic E-state index is 0.744. The van der Waals surface area contributed by atoms with Gasteiger partial charge in [-0.05, 0) is 26.2 Å². The second kappa shape index (κ2) is 10.7. The smallest absolute Gasteiger partial charge is 0.0649 e. The molecule has 0 aromatic rings. The fourth-order valence-corrected chi connectivity index (χ4v) is 1.01. The first-order valence-corrected chi connectivity index (χ1v) is 5.62. The van der Waals surface area contributed by atoms with Gasteiger partial charge in [0.15, 0.2) is 0 Å². The number of hydrogen-bond acceptors (Lipinski definition) is 2. The molecule has 0 aromatic heterocycles. The Labute approximate surface area is 88.3 Å². The van der Waals surface area contributed by atoms with E-state index < -0.39 is 0 Å². The molecule has 0 aromatic carbocycles. The summed E-state index contributed by atoms with van der Waals surface area (Å²) in [6, 6.07) is 0. The van der Waals surface area contributed by atoms with Crippen molar-refractivity contribution in [3.05, 3.63) is 11.6 Å². The van der Waals surface area contributed by atoms with Crippen molar-refractivity contribution in [2.45, 2.75) is 40.0 Å². The average Bonchev–Trinajstić information content (AvgIpc) is 2.19. The van der Waals surface area contributed by atoms with Gasteiger partial charge in [-0.3, -0.25) is 0 Å². The van der Waals surface area contributed by atoms with Crippen LogP contribution in [0.2, 0.25) is 0 Å². The predicted octanol–water partition coefficient (Wildman–Crippen LogP) is 3.18. The molecule has 0 N–H and O–H groups in total. The van der Waals surface area contributed by atoms with Crippen LogP contribution in [0.3, 0.4) is 0 Å². The molecule has 0 amide bonds. The summed E-state index contributed by atoms with van der Waals surface area (Å²) in [4.78, 5) is 0.